The highest BCUT2D eigenvalue weighted by molar-refractivity contribution is 7.17. The average Bonchev–Trinajstić information content (AvgIpc) is 3.20. The molecule has 7 nitrogen and oxygen atoms in total. The fraction of sp³-hybridized carbons (Fsp3) is 0.200. The first-order valence-corrected chi connectivity index (χ1v) is 11.5. The van der Waals surface area contributed by atoms with Crippen LogP contribution in [0, 0.1) is 20.8 Å². The number of hydrogen-bond acceptors (Lipinski definition) is 7. The van der Waals surface area contributed by atoms with Crippen LogP contribution in [0.5, 0.6) is 0 Å². The first-order valence-electron chi connectivity index (χ1n) is 10.7. The standard InChI is InChI=1S/C25H26N6OS/c1-16-9-11-20(12-10-16)30-21-15-17(2)28-25(31-21)27-14-13-26-23(32)22-18(3)29-24(33-22)19-7-5-4-6-8-19/h4-12,15H,13-14H2,1-3H3,(H,26,32)(H2,27,28,30,31). The molecule has 33 heavy (non-hydrogen) atoms. The molecule has 0 saturated carbocycles. The number of rotatable bonds is 8. The van der Waals surface area contributed by atoms with Gasteiger partial charge in [0.15, 0.2) is 0 Å². The topological polar surface area (TPSA) is 91.8 Å². The number of aromatic nitrogens is 3. The molecule has 0 aliphatic carbocycles. The van der Waals surface area contributed by atoms with E-state index in [0.717, 1.165) is 27.6 Å². The van der Waals surface area contributed by atoms with Crippen LogP contribution in [0.25, 0.3) is 10.6 Å². The second-order valence-corrected chi connectivity index (χ2v) is 8.69. The van der Waals surface area contributed by atoms with Gasteiger partial charge in [0, 0.05) is 36.1 Å². The molecule has 168 valence electrons. The summed E-state index contributed by atoms with van der Waals surface area (Å²) >= 11 is 1.40. The summed E-state index contributed by atoms with van der Waals surface area (Å²) in [4.78, 5) is 26.8. The molecule has 0 unspecified atom stereocenters. The molecule has 0 bridgehead atoms. The predicted octanol–water partition coefficient (Wildman–Crippen LogP) is 5.11. The smallest absolute Gasteiger partial charge is 0.263 e. The first kappa shape index (κ1) is 22.4. The Bertz CT molecular complexity index is 1240. The van der Waals surface area contributed by atoms with Gasteiger partial charge >= 0.3 is 0 Å². The van der Waals surface area contributed by atoms with Crippen molar-refractivity contribution in [2.45, 2.75) is 20.8 Å². The number of nitrogens with one attached hydrogen (secondary N) is 3. The van der Waals surface area contributed by atoms with Crippen LogP contribution in [0.15, 0.2) is 60.7 Å². The minimum absolute atomic E-state index is 0.124. The van der Waals surface area contributed by atoms with Crippen molar-refractivity contribution in [3.8, 4) is 10.6 Å². The molecule has 0 fully saturated rings. The minimum atomic E-state index is -0.124. The van der Waals surface area contributed by atoms with Gasteiger partial charge in [0.25, 0.3) is 5.91 Å². The monoisotopic (exact) mass is 458 g/mol. The van der Waals surface area contributed by atoms with Gasteiger partial charge in [-0.3, -0.25) is 4.79 Å². The highest BCUT2D eigenvalue weighted by Crippen LogP contribution is 2.27. The molecule has 4 rings (SSSR count). The number of aryl methyl sites for hydroxylation is 3. The van der Waals surface area contributed by atoms with Crippen LogP contribution < -0.4 is 16.0 Å². The molecule has 2 aromatic heterocycles. The van der Waals surface area contributed by atoms with Crippen LogP contribution in [0.1, 0.15) is 26.6 Å². The molecule has 2 heterocycles. The van der Waals surface area contributed by atoms with Crippen molar-refractivity contribution in [1.82, 2.24) is 20.3 Å². The fourth-order valence-electron chi connectivity index (χ4n) is 3.24. The maximum Gasteiger partial charge on any atom is 0.263 e. The predicted molar refractivity (Wildman–Crippen MR) is 134 cm³/mol. The van der Waals surface area contributed by atoms with E-state index >= 15 is 0 Å². The van der Waals surface area contributed by atoms with E-state index in [9.17, 15) is 4.79 Å². The van der Waals surface area contributed by atoms with Crippen molar-refractivity contribution < 1.29 is 4.79 Å². The summed E-state index contributed by atoms with van der Waals surface area (Å²) in [7, 11) is 0. The lowest BCUT2D eigenvalue weighted by atomic mass is 10.2. The molecule has 0 saturated heterocycles. The van der Waals surface area contributed by atoms with E-state index in [1.807, 2.05) is 74.5 Å². The zero-order valence-corrected chi connectivity index (χ0v) is 19.7. The number of nitrogens with zero attached hydrogens (tertiary/aromatic N) is 3. The minimum Gasteiger partial charge on any atom is -0.352 e. The van der Waals surface area contributed by atoms with E-state index < -0.39 is 0 Å². The number of amides is 1. The van der Waals surface area contributed by atoms with Crippen LogP contribution in [0.3, 0.4) is 0 Å². The summed E-state index contributed by atoms with van der Waals surface area (Å²) in [5.74, 6) is 1.10. The van der Waals surface area contributed by atoms with Crippen molar-refractivity contribution in [1.29, 1.82) is 0 Å². The number of carbonyl (C=O) groups excluding carboxylic acids is 1. The zero-order valence-electron chi connectivity index (χ0n) is 18.8. The second-order valence-electron chi connectivity index (χ2n) is 7.69. The van der Waals surface area contributed by atoms with E-state index in [2.05, 4.69) is 37.8 Å². The number of benzene rings is 2. The molecular weight excluding hydrogens is 432 g/mol. The third kappa shape index (κ3) is 5.93. The molecule has 3 N–H and O–H groups in total. The van der Waals surface area contributed by atoms with Crippen LogP contribution in [-0.2, 0) is 0 Å². The Morgan fingerprint density at radius 2 is 1.67 bits per heavy atom. The molecule has 0 aliphatic heterocycles. The van der Waals surface area contributed by atoms with Gasteiger partial charge in [-0.25, -0.2) is 9.97 Å². The molecule has 8 heteroatoms. The number of thiazole rings is 1. The zero-order chi connectivity index (χ0) is 23.2. The summed E-state index contributed by atoms with van der Waals surface area (Å²) in [5.41, 5.74) is 4.76. The maximum absolute atomic E-state index is 12.6. The normalized spacial score (nSPS) is 10.6. The van der Waals surface area contributed by atoms with Gasteiger partial charge in [-0.05, 0) is 32.9 Å². The highest BCUT2D eigenvalue weighted by atomic mass is 32.1. The van der Waals surface area contributed by atoms with Gasteiger partial charge in [-0.2, -0.15) is 4.98 Å². The van der Waals surface area contributed by atoms with E-state index in [4.69, 9.17) is 0 Å². The Balaban J connectivity index is 1.32. The Morgan fingerprint density at radius 3 is 2.42 bits per heavy atom. The van der Waals surface area contributed by atoms with Crippen LogP contribution in [-0.4, -0.2) is 33.9 Å². The summed E-state index contributed by atoms with van der Waals surface area (Å²) < 4.78 is 0. The Kier molecular flexibility index (Phi) is 6.95. The van der Waals surface area contributed by atoms with Gasteiger partial charge in [0.2, 0.25) is 5.95 Å². The van der Waals surface area contributed by atoms with Crippen LogP contribution >= 0.6 is 11.3 Å². The number of hydrogen-bond donors (Lipinski definition) is 3. The average molecular weight is 459 g/mol. The van der Waals surface area contributed by atoms with Gasteiger partial charge in [0.05, 0.1) is 5.69 Å². The van der Waals surface area contributed by atoms with Crippen molar-refractivity contribution in [3.05, 3.63) is 82.5 Å². The van der Waals surface area contributed by atoms with Crippen LogP contribution in [0.2, 0.25) is 0 Å². The van der Waals surface area contributed by atoms with Crippen molar-refractivity contribution in [2.75, 3.05) is 23.7 Å². The van der Waals surface area contributed by atoms with E-state index in [1.54, 1.807) is 0 Å². The molecule has 4 aromatic rings. The summed E-state index contributed by atoms with van der Waals surface area (Å²) in [5, 5.41) is 10.3. The van der Waals surface area contributed by atoms with Gasteiger partial charge in [-0.1, -0.05) is 48.0 Å². The molecular formula is C25H26N6OS. The Morgan fingerprint density at radius 1 is 0.909 bits per heavy atom. The third-order valence-electron chi connectivity index (χ3n) is 4.90. The molecule has 0 atom stereocenters. The van der Waals surface area contributed by atoms with Crippen molar-refractivity contribution in [3.63, 3.8) is 0 Å². The largest absolute Gasteiger partial charge is 0.352 e. The maximum atomic E-state index is 12.6. The lowest BCUT2D eigenvalue weighted by molar-refractivity contribution is 0.0958. The summed E-state index contributed by atoms with van der Waals surface area (Å²) in [6, 6.07) is 19.9. The molecule has 0 aliphatic rings. The fourth-order valence-corrected chi connectivity index (χ4v) is 4.23. The number of carbonyl (C=O) groups is 1. The molecule has 0 radical (unpaired) electrons. The summed E-state index contributed by atoms with van der Waals surface area (Å²) in [6.07, 6.45) is 0. The van der Waals surface area contributed by atoms with Gasteiger partial charge in [-0.15, -0.1) is 11.3 Å². The van der Waals surface area contributed by atoms with E-state index in [-0.39, 0.29) is 5.91 Å². The first-order chi connectivity index (χ1) is 16.0. The molecule has 2 aromatic carbocycles. The lowest BCUT2D eigenvalue weighted by Gasteiger charge is -2.10. The van der Waals surface area contributed by atoms with Crippen LogP contribution in [0.4, 0.5) is 17.5 Å². The second kappa shape index (κ2) is 10.2. The van der Waals surface area contributed by atoms with Crippen molar-refractivity contribution >= 4 is 34.7 Å². The van der Waals surface area contributed by atoms with E-state index in [0.29, 0.717) is 29.7 Å². The van der Waals surface area contributed by atoms with Crippen molar-refractivity contribution in [2.24, 2.45) is 0 Å². The van der Waals surface area contributed by atoms with Gasteiger partial charge < -0.3 is 16.0 Å². The summed E-state index contributed by atoms with van der Waals surface area (Å²) in [6.45, 7) is 6.78. The third-order valence-corrected chi connectivity index (χ3v) is 6.10. The molecule has 0 spiro atoms. The van der Waals surface area contributed by atoms with Gasteiger partial charge in [0.1, 0.15) is 15.7 Å². The highest BCUT2D eigenvalue weighted by Gasteiger charge is 2.15. The van der Waals surface area contributed by atoms with E-state index in [1.165, 1.54) is 16.9 Å². The SMILES string of the molecule is Cc1ccc(Nc2cc(C)nc(NCCNC(=O)c3sc(-c4ccccc4)nc3C)n2)cc1. The Hall–Kier alpha value is -3.78. The Labute approximate surface area is 197 Å². The quantitative estimate of drug-likeness (QED) is 0.318. The lowest BCUT2D eigenvalue weighted by Crippen LogP contribution is -2.29. The number of anilines is 3. The molecule has 1 amide bonds.